The molecule has 0 amide bonds. The molecule has 0 spiro atoms. The molecular weight excluding hydrogens is 168 g/mol. The van der Waals surface area contributed by atoms with Crippen LogP contribution >= 0.6 is 11.3 Å². The highest BCUT2D eigenvalue weighted by atomic mass is 32.1. The summed E-state index contributed by atoms with van der Waals surface area (Å²) in [6.45, 7) is 4.05. The molecule has 0 radical (unpaired) electrons. The topological polar surface area (TPSA) is 27.0 Å². The summed E-state index contributed by atoms with van der Waals surface area (Å²) in [5.41, 5.74) is 1.97. The lowest BCUT2D eigenvalue weighted by atomic mass is 10.3. The van der Waals surface area contributed by atoms with Gasteiger partial charge < -0.3 is 10.2 Å². The SMILES string of the molecule is Cc1cc(-c2ccc(C)s2)[n-]n1. The minimum absolute atomic E-state index is 0.982. The molecule has 2 aromatic rings. The van der Waals surface area contributed by atoms with E-state index in [-0.39, 0.29) is 0 Å². The van der Waals surface area contributed by atoms with Crippen LogP contribution in [0, 0.1) is 13.8 Å². The standard InChI is InChI=1S/C9H9N2S/c1-6-5-8(11-10-6)9-4-3-7(2)12-9/h3-5H,1-2H3/q-1. The van der Waals surface area contributed by atoms with Crippen molar-refractivity contribution in [3.05, 3.63) is 28.8 Å². The summed E-state index contributed by atoms with van der Waals surface area (Å²) in [5.74, 6) is 0. The van der Waals surface area contributed by atoms with E-state index in [4.69, 9.17) is 0 Å². The summed E-state index contributed by atoms with van der Waals surface area (Å²) in [4.78, 5) is 2.51. The number of hydrogen-bond acceptors (Lipinski definition) is 2. The van der Waals surface area contributed by atoms with Gasteiger partial charge in [0.05, 0.1) is 0 Å². The Morgan fingerprint density at radius 3 is 2.67 bits per heavy atom. The van der Waals surface area contributed by atoms with Crippen LogP contribution in [0.3, 0.4) is 0 Å². The van der Waals surface area contributed by atoms with Crippen molar-refractivity contribution in [3.8, 4) is 10.6 Å². The molecule has 0 bridgehead atoms. The lowest BCUT2D eigenvalue weighted by Crippen LogP contribution is -1.75. The number of nitrogens with zero attached hydrogens (tertiary/aromatic N) is 2. The molecule has 2 heterocycles. The molecule has 0 fully saturated rings. The Morgan fingerprint density at radius 2 is 2.17 bits per heavy atom. The fourth-order valence-electron chi connectivity index (χ4n) is 1.08. The van der Waals surface area contributed by atoms with Crippen LogP contribution in [0.1, 0.15) is 10.6 Å². The van der Waals surface area contributed by atoms with Gasteiger partial charge in [-0.1, -0.05) is 6.07 Å². The zero-order valence-corrected chi connectivity index (χ0v) is 7.85. The van der Waals surface area contributed by atoms with E-state index in [1.54, 1.807) is 11.3 Å². The molecule has 2 aromatic heterocycles. The highest BCUT2D eigenvalue weighted by Gasteiger charge is 1.95. The molecule has 0 aliphatic carbocycles. The van der Waals surface area contributed by atoms with Crippen LogP contribution in [0.4, 0.5) is 0 Å². The van der Waals surface area contributed by atoms with Crippen molar-refractivity contribution in [2.24, 2.45) is 0 Å². The van der Waals surface area contributed by atoms with Gasteiger partial charge in [0.1, 0.15) is 0 Å². The minimum Gasteiger partial charge on any atom is -0.574 e. The smallest absolute Gasteiger partial charge is 0.0137 e. The second-order valence-corrected chi connectivity index (χ2v) is 4.07. The average molecular weight is 177 g/mol. The molecule has 0 aliphatic heterocycles. The molecule has 2 nitrogen and oxygen atoms in total. The highest BCUT2D eigenvalue weighted by Crippen LogP contribution is 2.25. The monoisotopic (exact) mass is 177 g/mol. The van der Waals surface area contributed by atoms with Crippen LogP contribution in [0.25, 0.3) is 10.6 Å². The first-order valence-corrected chi connectivity index (χ1v) is 4.61. The predicted octanol–water partition coefficient (Wildman–Crippen LogP) is 2.38. The van der Waals surface area contributed by atoms with Crippen LogP contribution in [-0.4, -0.2) is 5.10 Å². The molecular formula is C9H9N2S-. The molecule has 3 heteroatoms. The summed E-state index contributed by atoms with van der Waals surface area (Å²) in [6.07, 6.45) is 0. The molecule has 0 unspecified atom stereocenters. The predicted molar refractivity (Wildman–Crippen MR) is 50.3 cm³/mol. The molecule has 0 atom stereocenters. The van der Waals surface area contributed by atoms with Crippen LogP contribution in [0.2, 0.25) is 0 Å². The first-order valence-electron chi connectivity index (χ1n) is 3.79. The summed E-state index contributed by atoms with van der Waals surface area (Å²) in [6, 6.07) is 6.19. The van der Waals surface area contributed by atoms with Gasteiger partial charge in [-0.2, -0.15) is 0 Å². The molecule has 0 aliphatic rings. The number of aryl methyl sites for hydroxylation is 2. The zero-order chi connectivity index (χ0) is 8.55. The van der Waals surface area contributed by atoms with Crippen LogP contribution in [-0.2, 0) is 0 Å². The molecule has 62 valence electrons. The van der Waals surface area contributed by atoms with E-state index in [1.165, 1.54) is 9.75 Å². The maximum atomic E-state index is 4.06. The van der Waals surface area contributed by atoms with E-state index in [0.717, 1.165) is 11.4 Å². The van der Waals surface area contributed by atoms with Crippen molar-refractivity contribution in [2.45, 2.75) is 13.8 Å². The summed E-state index contributed by atoms with van der Waals surface area (Å²) >= 11 is 1.75. The minimum atomic E-state index is 0.982. The maximum absolute atomic E-state index is 4.06. The van der Waals surface area contributed by atoms with E-state index in [2.05, 4.69) is 29.3 Å². The molecule has 0 saturated carbocycles. The van der Waals surface area contributed by atoms with Gasteiger partial charge >= 0.3 is 0 Å². The van der Waals surface area contributed by atoms with Crippen LogP contribution in [0.15, 0.2) is 18.2 Å². The second-order valence-electron chi connectivity index (χ2n) is 2.78. The Labute approximate surface area is 75.3 Å². The van der Waals surface area contributed by atoms with Gasteiger partial charge in [-0.3, -0.25) is 0 Å². The molecule has 0 N–H and O–H groups in total. The molecule has 0 saturated heterocycles. The van der Waals surface area contributed by atoms with Crippen molar-refractivity contribution in [3.63, 3.8) is 0 Å². The van der Waals surface area contributed by atoms with Crippen molar-refractivity contribution in [1.29, 1.82) is 0 Å². The van der Waals surface area contributed by atoms with Gasteiger partial charge in [0.25, 0.3) is 0 Å². The third-order valence-corrected chi connectivity index (χ3v) is 2.68. The first kappa shape index (κ1) is 7.55. The maximum Gasteiger partial charge on any atom is 0.0137 e. The largest absolute Gasteiger partial charge is 0.574 e. The Hall–Kier alpha value is -1.09. The zero-order valence-electron chi connectivity index (χ0n) is 7.03. The van der Waals surface area contributed by atoms with E-state index < -0.39 is 0 Å². The number of hydrogen-bond donors (Lipinski definition) is 0. The Bertz CT molecular complexity index is 348. The summed E-state index contributed by atoms with van der Waals surface area (Å²) in [5, 5.41) is 8.02. The van der Waals surface area contributed by atoms with Crippen molar-refractivity contribution >= 4 is 11.3 Å². The van der Waals surface area contributed by atoms with Gasteiger partial charge in [0.2, 0.25) is 0 Å². The fourth-order valence-corrected chi connectivity index (χ4v) is 1.90. The van der Waals surface area contributed by atoms with E-state index in [9.17, 15) is 0 Å². The van der Waals surface area contributed by atoms with Gasteiger partial charge in [-0.05, 0) is 26.0 Å². The van der Waals surface area contributed by atoms with Crippen molar-refractivity contribution in [1.82, 2.24) is 10.2 Å². The van der Waals surface area contributed by atoms with E-state index in [1.807, 2.05) is 13.0 Å². The number of aromatic nitrogens is 2. The second kappa shape index (κ2) is 2.75. The lowest BCUT2D eigenvalue weighted by Gasteiger charge is -1.98. The van der Waals surface area contributed by atoms with E-state index in [0.29, 0.717) is 0 Å². The fraction of sp³-hybridized carbons (Fsp3) is 0.222. The highest BCUT2D eigenvalue weighted by molar-refractivity contribution is 7.15. The number of thiophene rings is 1. The molecule has 12 heavy (non-hydrogen) atoms. The third-order valence-electron chi connectivity index (χ3n) is 1.65. The van der Waals surface area contributed by atoms with E-state index >= 15 is 0 Å². The van der Waals surface area contributed by atoms with Gasteiger partial charge in [0.15, 0.2) is 0 Å². The Kier molecular flexibility index (Phi) is 1.73. The van der Waals surface area contributed by atoms with Crippen LogP contribution < -0.4 is 5.10 Å². The molecule has 2 rings (SSSR count). The first-order chi connectivity index (χ1) is 5.75. The summed E-state index contributed by atoms with van der Waals surface area (Å²) < 4.78 is 0. The van der Waals surface area contributed by atoms with Gasteiger partial charge in [-0.25, -0.2) is 0 Å². The van der Waals surface area contributed by atoms with Crippen LogP contribution in [0.5, 0.6) is 0 Å². The average Bonchev–Trinajstić information content (AvgIpc) is 2.58. The number of rotatable bonds is 1. The van der Waals surface area contributed by atoms with Gasteiger partial charge in [0, 0.05) is 15.4 Å². The summed E-state index contributed by atoms with van der Waals surface area (Å²) in [7, 11) is 0. The Balaban J connectivity index is 2.43. The molecule has 0 aromatic carbocycles. The normalized spacial score (nSPS) is 10.5. The van der Waals surface area contributed by atoms with Gasteiger partial charge in [-0.15, -0.1) is 17.0 Å². The lowest BCUT2D eigenvalue weighted by molar-refractivity contribution is 1.03. The Morgan fingerprint density at radius 1 is 1.33 bits per heavy atom. The van der Waals surface area contributed by atoms with Crippen molar-refractivity contribution < 1.29 is 0 Å². The van der Waals surface area contributed by atoms with Crippen molar-refractivity contribution in [2.75, 3.05) is 0 Å². The third kappa shape index (κ3) is 1.28. The quantitative estimate of drug-likeness (QED) is 0.668.